The van der Waals surface area contributed by atoms with Crippen molar-refractivity contribution in [3.8, 4) is 0 Å². The minimum absolute atomic E-state index is 0.292. The number of rotatable bonds is 2. The van der Waals surface area contributed by atoms with Crippen molar-refractivity contribution in [3.63, 3.8) is 0 Å². The number of carbonyl (C=O) groups excluding carboxylic acids is 1. The predicted molar refractivity (Wildman–Crippen MR) is 87.8 cm³/mol. The quantitative estimate of drug-likeness (QED) is 0.540. The van der Waals surface area contributed by atoms with E-state index in [0.29, 0.717) is 11.6 Å². The Morgan fingerprint density at radius 3 is 2.78 bits per heavy atom. The van der Waals surface area contributed by atoms with E-state index in [4.69, 9.17) is 4.74 Å². The molecule has 1 aromatic carbocycles. The van der Waals surface area contributed by atoms with E-state index in [-0.39, 0.29) is 0 Å². The third kappa shape index (κ3) is 2.32. The molecule has 0 saturated heterocycles. The van der Waals surface area contributed by atoms with Gasteiger partial charge in [-0.15, -0.1) is 0 Å². The van der Waals surface area contributed by atoms with Crippen molar-refractivity contribution in [1.29, 1.82) is 0 Å². The van der Waals surface area contributed by atoms with Crippen LogP contribution >= 0.6 is 0 Å². The molecule has 0 saturated carbocycles. The molecular formula is C18H13N3O2. The highest BCUT2D eigenvalue weighted by Crippen LogP contribution is 2.24. The van der Waals surface area contributed by atoms with Gasteiger partial charge in [0.15, 0.2) is 5.70 Å². The molecule has 3 aromatic rings. The van der Waals surface area contributed by atoms with E-state index in [2.05, 4.69) is 9.98 Å². The van der Waals surface area contributed by atoms with Gasteiger partial charge in [-0.2, -0.15) is 0 Å². The second-order valence-electron chi connectivity index (χ2n) is 5.27. The van der Waals surface area contributed by atoms with Gasteiger partial charge >= 0.3 is 5.97 Å². The molecule has 5 nitrogen and oxygen atoms in total. The van der Waals surface area contributed by atoms with E-state index >= 15 is 0 Å². The minimum atomic E-state index is -0.440. The van der Waals surface area contributed by atoms with Crippen LogP contribution in [0.25, 0.3) is 17.1 Å². The number of aliphatic imine (C=N–C) groups is 1. The molecule has 2 aromatic heterocycles. The zero-order valence-corrected chi connectivity index (χ0v) is 12.4. The minimum Gasteiger partial charge on any atom is -0.402 e. The fourth-order valence-electron chi connectivity index (χ4n) is 2.62. The Balaban J connectivity index is 1.79. The topological polar surface area (TPSA) is 56.5 Å². The molecule has 0 atom stereocenters. The fraction of sp³-hybridized carbons (Fsp3) is 0.0556. The normalized spacial score (nSPS) is 16.0. The number of ether oxygens (including phenoxy) is 1. The van der Waals surface area contributed by atoms with Crippen molar-refractivity contribution in [1.82, 2.24) is 9.55 Å². The average Bonchev–Trinajstić information content (AvgIpc) is 3.10. The van der Waals surface area contributed by atoms with Gasteiger partial charge in [0.05, 0.1) is 0 Å². The molecule has 0 fully saturated rings. The molecule has 4 rings (SSSR count). The molecule has 112 valence electrons. The van der Waals surface area contributed by atoms with E-state index < -0.39 is 5.97 Å². The summed E-state index contributed by atoms with van der Waals surface area (Å²) in [6.07, 6.45) is 5.41. The Kier molecular flexibility index (Phi) is 3.05. The Labute approximate surface area is 132 Å². The summed E-state index contributed by atoms with van der Waals surface area (Å²) >= 11 is 0. The number of esters is 1. The molecule has 23 heavy (non-hydrogen) atoms. The first-order chi connectivity index (χ1) is 11.2. The number of carbonyl (C=O) groups is 1. The van der Waals surface area contributed by atoms with Crippen molar-refractivity contribution >= 4 is 29.0 Å². The zero-order valence-electron chi connectivity index (χ0n) is 12.4. The highest BCUT2D eigenvalue weighted by molar-refractivity contribution is 6.13. The van der Waals surface area contributed by atoms with E-state index in [1.807, 2.05) is 60.3 Å². The van der Waals surface area contributed by atoms with Crippen LogP contribution in [0, 0.1) is 0 Å². The molecule has 3 heterocycles. The van der Waals surface area contributed by atoms with Gasteiger partial charge in [0.2, 0.25) is 5.90 Å². The SMILES string of the molecule is Cn1cc(/C=C2\N=C(c3ccccc3)OC2=O)c2cccnc21. The van der Waals surface area contributed by atoms with Crippen molar-refractivity contribution < 1.29 is 9.53 Å². The Morgan fingerprint density at radius 1 is 1.13 bits per heavy atom. The summed E-state index contributed by atoms with van der Waals surface area (Å²) in [7, 11) is 1.92. The highest BCUT2D eigenvalue weighted by Gasteiger charge is 2.24. The molecule has 0 aliphatic carbocycles. The van der Waals surface area contributed by atoms with E-state index in [1.54, 1.807) is 12.3 Å². The number of hydrogen-bond acceptors (Lipinski definition) is 4. The molecule has 0 radical (unpaired) electrons. The number of cyclic esters (lactones) is 1. The average molecular weight is 303 g/mol. The van der Waals surface area contributed by atoms with Crippen molar-refractivity contribution in [2.45, 2.75) is 0 Å². The Bertz CT molecular complexity index is 968. The Morgan fingerprint density at radius 2 is 1.96 bits per heavy atom. The monoisotopic (exact) mass is 303 g/mol. The first-order valence-corrected chi connectivity index (χ1v) is 7.20. The maximum absolute atomic E-state index is 12.1. The number of aromatic nitrogens is 2. The van der Waals surface area contributed by atoms with Gasteiger partial charge < -0.3 is 9.30 Å². The summed E-state index contributed by atoms with van der Waals surface area (Å²) in [5.41, 5.74) is 2.82. The Hall–Kier alpha value is -3.21. The predicted octanol–water partition coefficient (Wildman–Crippen LogP) is 2.92. The number of aryl methyl sites for hydroxylation is 1. The summed E-state index contributed by atoms with van der Waals surface area (Å²) in [5.74, 6) is -0.107. The van der Waals surface area contributed by atoms with Crippen LogP contribution in [0.2, 0.25) is 0 Å². The second-order valence-corrected chi connectivity index (χ2v) is 5.27. The molecule has 0 bridgehead atoms. The van der Waals surface area contributed by atoms with Gasteiger partial charge in [0.25, 0.3) is 0 Å². The van der Waals surface area contributed by atoms with Gasteiger partial charge in [0, 0.05) is 36.0 Å². The molecule has 0 amide bonds. The lowest BCUT2D eigenvalue weighted by Gasteiger charge is -1.97. The van der Waals surface area contributed by atoms with Crippen molar-refractivity contribution in [2.75, 3.05) is 0 Å². The van der Waals surface area contributed by atoms with Crippen molar-refractivity contribution in [3.05, 3.63) is 71.7 Å². The fourth-order valence-corrected chi connectivity index (χ4v) is 2.62. The highest BCUT2D eigenvalue weighted by atomic mass is 16.6. The standard InChI is InChI=1S/C18H13N3O2/c1-21-11-13(14-8-5-9-19-16(14)21)10-15-18(22)23-17(20-15)12-6-3-2-4-7-12/h2-11H,1H3/b15-10-. The molecule has 1 aliphatic heterocycles. The lowest BCUT2D eigenvalue weighted by Crippen LogP contribution is -2.04. The van der Waals surface area contributed by atoms with Crippen molar-refractivity contribution in [2.24, 2.45) is 12.0 Å². The summed E-state index contributed by atoms with van der Waals surface area (Å²) in [4.78, 5) is 20.7. The maximum Gasteiger partial charge on any atom is 0.363 e. The first kappa shape index (κ1) is 13.5. The molecular weight excluding hydrogens is 290 g/mol. The molecule has 0 unspecified atom stereocenters. The molecule has 1 aliphatic rings. The van der Waals surface area contributed by atoms with Crippen LogP contribution in [-0.2, 0) is 16.6 Å². The third-order valence-corrected chi connectivity index (χ3v) is 3.70. The van der Waals surface area contributed by atoms with Crippen LogP contribution in [-0.4, -0.2) is 21.4 Å². The van der Waals surface area contributed by atoms with Crippen LogP contribution in [0.1, 0.15) is 11.1 Å². The zero-order chi connectivity index (χ0) is 15.8. The van der Waals surface area contributed by atoms with E-state index in [9.17, 15) is 4.79 Å². The summed E-state index contributed by atoms with van der Waals surface area (Å²) < 4.78 is 7.19. The summed E-state index contributed by atoms with van der Waals surface area (Å²) in [6.45, 7) is 0. The second kappa shape index (κ2) is 5.21. The summed E-state index contributed by atoms with van der Waals surface area (Å²) in [5, 5.41) is 0.971. The van der Waals surface area contributed by atoms with Gasteiger partial charge in [0.1, 0.15) is 5.65 Å². The number of fused-ring (bicyclic) bond motifs is 1. The summed E-state index contributed by atoms with van der Waals surface area (Å²) in [6, 6.07) is 13.2. The van der Waals surface area contributed by atoms with E-state index in [1.165, 1.54) is 0 Å². The van der Waals surface area contributed by atoms with Crippen LogP contribution < -0.4 is 0 Å². The third-order valence-electron chi connectivity index (χ3n) is 3.70. The van der Waals surface area contributed by atoms with Crippen LogP contribution in [0.15, 0.2) is 65.5 Å². The van der Waals surface area contributed by atoms with Gasteiger partial charge in [-0.25, -0.2) is 14.8 Å². The molecule has 0 N–H and O–H groups in total. The van der Waals surface area contributed by atoms with Gasteiger partial charge in [-0.05, 0) is 30.3 Å². The van der Waals surface area contributed by atoms with Crippen LogP contribution in [0.5, 0.6) is 0 Å². The van der Waals surface area contributed by atoms with E-state index in [0.717, 1.165) is 22.2 Å². The number of hydrogen-bond donors (Lipinski definition) is 0. The van der Waals surface area contributed by atoms with Gasteiger partial charge in [-0.3, -0.25) is 0 Å². The molecule has 5 heteroatoms. The largest absolute Gasteiger partial charge is 0.402 e. The number of pyridine rings is 1. The van der Waals surface area contributed by atoms with Crippen LogP contribution in [0.3, 0.4) is 0 Å². The van der Waals surface area contributed by atoms with Gasteiger partial charge in [-0.1, -0.05) is 18.2 Å². The maximum atomic E-state index is 12.1. The number of nitrogens with zero attached hydrogens (tertiary/aromatic N) is 3. The van der Waals surface area contributed by atoms with Crippen LogP contribution in [0.4, 0.5) is 0 Å². The lowest BCUT2D eigenvalue weighted by atomic mass is 10.2. The lowest BCUT2D eigenvalue weighted by molar-refractivity contribution is -0.129. The molecule has 0 spiro atoms. The number of benzene rings is 1. The first-order valence-electron chi connectivity index (χ1n) is 7.20. The smallest absolute Gasteiger partial charge is 0.363 e.